The summed E-state index contributed by atoms with van der Waals surface area (Å²) in [6.45, 7) is 8.63. The molecule has 5 heteroatoms. The van der Waals surface area contributed by atoms with Crippen molar-refractivity contribution in [3.05, 3.63) is 58.8 Å². The lowest BCUT2D eigenvalue weighted by molar-refractivity contribution is 0.0950. The molecule has 0 atom stereocenters. The summed E-state index contributed by atoms with van der Waals surface area (Å²) >= 11 is 0. The molecule has 0 aliphatic carbocycles. The number of aromatic nitrogens is 1. The third-order valence-corrected chi connectivity index (χ3v) is 4.72. The third-order valence-electron chi connectivity index (χ3n) is 4.72. The van der Waals surface area contributed by atoms with Gasteiger partial charge < -0.3 is 15.1 Å². The Labute approximate surface area is 149 Å². The van der Waals surface area contributed by atoms with Crippen molar-refractivity contribution in [1.82, 2.24) is 15.2 Å². The summed E-state index contributed by atoms with van der Waals surface area (Å²) in [6.07, 6.45) is 1.86. The van der Waals surface area contributed by atoms with Gasteiger partial charge in [0.2, 0.25) is 0 Å². The first-order valence-corrected chi connectivity index (χ1v) is 8.77. The Kier molecular flexibility index (Phi) is 5.34. The fourth-order valence-electron chi connectivity index (χ4n) is 3.09. The molecule has 1 fully saturated rings. The minimum atomic E-state index is -0.0411. The maximum atomic E-state index is 12.4. The molecular formula is C20H26N4O. The number of likely N-dealkylation sites (N-methyl/N-ethyl adjacent to an activating group) is 1. The predicted octanol–water partition coefficient (Wildman–Crippen LogP) is 2.38. The Bertz CT molecular complexity index is 734. The quantitative estimate of drug-likeness (QED) is 0.930. The second kappa shape index (κ2) is 7.66. The number of pyridine rings is 1. The van der Waals surface area contributed by atoms with E-state index in [-0.39, 0.29) is 5.91 Å². The number of benzene rings is 1. The van der Waals surface area contributed by atoms with E-state index >= 15 is 0 Å². The van der Waals surface area contributed by atoms with Crippen molar-refractivity contribution in [2.75, 3.05) is 38.1 Å². The number of piperazine rings is 1. The highest BCUT2D eigenvalue weighted by Gasteiger charge is 2.15. The van der Waals surface area contributed by atoms with Crippen LogP contribution in [0.15, 0.2) is 36.5 Å². The van der Waals surface area contributed by atoms with E-state index in [1.54, 1.807) is 0 Å². The lowest BCUT2D eigenvalue weighted by Crippen LogP contribution is -2.44. The zero-order valence-electron chi connectivity index (χ0n) is 15.2. The number of nitrogens with one attached hydrogen (secondary N) is 1. The van der Waals surface area contributed by atoms with Crippen LogP contribution >= 0.6 is 0 Å². The van der Waals surface area contributed by atoms with Crippen LogP contribution in [0.4, 0.5) is 5.82 Å². The fourth-order valence-corrected chi connectivity index (χ4v) is 3.09. The van der Waals surface area contributed by atoms with Crippen LogP contribution in [0.3, 0.4) is 0 Å². The van der Waals surface area contributed by atoms with Gasteiger partial charge in [0.1, 0.15) is 5.82 Å². The number of carbonyl (C=O) groups is 1. The van der Waals surface area contributed by atoms with Crippen LogP contribution in [-0.4, -0.2) is 49.0 Å². The maximum Gasteiger partial charge on any atom is 0.251 e. The first kappa shape index (κ1) is 17.4. The highest BCUT2D eigenvalue weighted by molar-refractivity contribution is 5.95. The standard InChI is InChI=1S/C20H26N4O/c1-15-4-6-18(16(2)12-15)20(25)22-14-17-5-7-19(21-13-17)24-10-8-23(3)9-11-24/h4-7,12-13H,8-11,14H2,1-3H3,(H,22,25). The van der Waals surface area contributed by atoms with Gasteiger partial charge in [-0.25, -0.2) is 4.98 Å². The Morgan fingerprint density at radius 1 is 1.12 bits per heavy atom. The minimum Gasteiger partial charge on any atom is -0.354 e. The molecule has 3 rings (SSSR count). The molecule has 2 heterocycles. The highest BCUT2D eigenvalue weighted by Crippen LogP contribution is 2.14. The van der Waals surface area contributed by atoms with E-state index < -0.39 is 0 Å². The second-order valence-electron chi connectivity index (χ2n) is 6.82. The molecular weight excluding hydrogens is 312 g/mol. The van der Waals surface area contributed by atoms with Crippen molar-refractivity contribution in [3.63, 3.8) is 0 Å². The molecule has 1 aliphatic heterocycles. The molecule has 1 aliphatic rings. The predicted molar refractivity (Wildman–Crippen MR) is 101 cm³/mol. The highest BCUT2D eigenvalue weighted by atomic mass is 16.1. The van der Waals surface area contributed by atoms with Crippen LogP contribution in [0.25, 0.3) is 0 Å². The normalized spacial score (nSPS) is 15.2. The molecule has 0 bridgehead atoms. The molecule has 1 aromatic carbocycles. The summed E-state index contributed by atoms with van der Waals surface area (Å²) in [5, 5.41) is 2.98. The van der Waals surface area contributed by atoms with Crippen LogP contribution in [0, 0.1) is 13.8 Å². The van der Waals surface area contributed by atoms with Crippen LogP contribution in [-0.2, 0) is 6.54 Å². The van der Waals surface area contributed by atoms with Crippen LogP contribution in [0.1, 0.15) is 27.0 Å². The molecule has 0 saturated carbocycles. The van der Waals surface area contributed by atoms with Crippen molar-refractivity contribution in [2.45, 2.75) is 20.4 Å². The average molecular weight is 338 g/mol. The average Bonchev–Trinajstić information content (AvgIpc) is 2.61. The fraction of sp³-hybridized carbons (Fsp3) is 0.400. The van der Waals surface area contributed by atoms with E-state index in [1.807, 2.05) is 50.4 Å². The minimum absolute atomic E-state index is 0.0411. The van der Waals surface area contributed by atoms with Crippen LogP contribution < -0.4 is 10.2 Å². The summed E-state index contributed by atoms with van der Waals surface area (Å²) in [4.78, 5) is 21.5. The number of amides is 1. The Hall–Kier alpha value is -2.40. The molecule has 5 nitrogen and oxygen atoms in total. The van der Waals surface area contributed by atoms with Gasteiger partial charge in [-0.1, -0.05) is 23.8 Å². The van der Waals surface area contributed by atoms with Gasteiger partial charge >= 0.3 is 0 Å². The van der Waals surface area contributed by atoms with E-state index in [0.29, 0.717) is 6.54 Å². The topological polar surface area (TPSA) is 48.5 Å². The number of anilines is 1. The zero-order chi connectivity index (χ0) is 17.8. The van der Waals surface area contributed by atoms with Gasteiger partial charge in [0.25, 0.3) is 5.91 Å². The summed E-state index contributed by atoms with van der Waals surface area (Å²) in [7, 11) is 2.15. The smallest absolute Gasteiger partial charge is 0.251 e. The van der Waals surface area contributed by atoms with Crippen molar-refractivity contribution in [3.8, 4) is 0 Å². The SMILES string of the molecule is Cc1ccc(C(=O)NCc2ccc(N3CCN(C)CC3)nc2)c(C)c1. The summed E-state index contributed by atoms with van der Waals surface area (Å²) in [5.41, 5.74) is 3.90. The first-order valence-electron chi connectivity index (χ1n) is 8.77. The monoisotopic (exact) mass is 338 g/mol. The molecule has 2 aromatic rings. The van der Waals surface area contributed by atoms with Crippen molar-refractivity contribution in [1.29, 1.82) is 0 Å². The van der Waals surface area contributed by atoms with E-state index in [9.17, 15) is 4.79 Å². The van der Waals surface area contributed by atoms with E-state index in [1.165, 1.54) is 0 Å². The number of rotatable bonds is 4. The molecule has 0 radical (unpaired) electrons. The van der Waals surface area contributed by atoms with Gasteiger partial charge in [-0.15, -0.1) is 0 Å². The number of hydrogen-bond donors (Lipinski definition) is 1. The largest absolute Gasteiger partial charge is 0.354 e. The zero-order valence-corrected chi connectivity index (χ0v) is 15.2. The van der Waals surface area contributed by atoms with Crippen molar-refractivity contribution >= 4 is 11.7 Å². The van der Waals surface area contributed by atoms with Crippen molar-refractivity contribution in [2.24, 2.45) is 0 Å². The van der Waals surface area contributed by atoms with Crippen molar-refractivity contribution < 1.29 is 4.79 Å². The molecule has 1 aromatic heterocycles. The lowest BCUT2D eigenvalue weighted by Gasteiger charge is -2.33. The number of aryl methyl sites for hydroxylation is 2. The molecule has 25 heavy (non-hydrogen) atoms. The van der Waals surface area contributed by atoms with E-state index in [2.05, 4.69) is 27.1 Å². The summed E-state index contributed by atoms with van der Waals surface area (Å²) in [5.74, 6) is 0.971. The Morgan fingerprint density at radius 2 is 1.88 bits per heavy atom. The Morgan fingerprint density at radius 3 is 2.52 bits per heavy atom. The van der Waals surface area contributed by atoms with E-state index in [0.717, 1.165) is 54.3 Å². The lowest BCUT2D eigenvalue weighted by atomic mass is 10.1. The van der Waals surface area contributed by atoms with Crippen LogP contribution in [0.5, 0.6) is 0 Å². The van der Waals surface area contributed by atoms with Gasteiger partial charge in [-0.3, -0.25) is 4.79 Å². The van der Waals surface area contributed by atoms with E-state index in [4.69, 9.17) is 0 Å². The number of hydrogen-bond acceptors (Lipinski definition) is 4. The molecule has 0 unspecified atom stereocenters. The van der Waals surface area contributed by atoms with Gasteiger partial charge in [0.05, 0.1) is 0 Å². The van der Waals surface area contributed by atoms with Gasteiger partial charge in [-0.2, -0.15) is 0 Å². The van der Waals surface area contributed by atoms with Gasteiger partial charge in [0.15, 0.2) is 0 Å². The van der Waals surface area contributed by atoms with Crippen LogP contribution in [0.2, 0.25) is 0 Å². The number of carbonyl (C=O) groups excluding carboxylic acids is 1. The van der Waals surface area contributed by atoms with Gasteiger partial charge in [0, 0.05) is 44.5 Å². The molecule has 1 N–H and O–H groups in total. The second-order valence-corrected chi connectivity index (χ2v) is 6.82. The third kappa shape index (κ3) is 4.37. The summed E-state index contributed by atoms with van der Waals surface area (Å²) in [6, 6.07) is 9.97. The molecule has 0 spiro atoms. The Balaban J connectivity index is 1.57. The maximum absolute atomic E-state index is 12.4. The molecule has 1 amide bonds. The summed E-state index contributed by atoms with van der Waals surface area (Å²) < 4.78 is 0. The first-order chi connectivity index (χ1) is 12.0. The molecule has 132 valence electrons. The van der Waals surface area contributed by atoms with Gasteiger partial charge in [-0.05, 0) is 44.2 Å². The molecule has 1 saturated heterocycles. The number of nitrogens with zero attached hydrogens (tertiary/aromatic N) is 3.